The molecule has 2 aromatic heterocycles. The van der Waals surface area contributed by atoms with Crippen LogP contribution in [0, 0.1) is 20.6 Å². The van der Waals surface area contributed by atoms with Gasteiger partial charge in [-0.15, -0.1) is 0 Å². The number of phenolic OH excluding ortho intramolecular Hbond substituents is 1. The first-order chi connectivity index (χ1) is 34.5. The lowest BCUT2D eigenvalue weighted by Crippen LogP contribution is -2.12. The van der Waals surface area contributed by atoms with Crippen LogP contribution in [-0.4, -0.2) is 19.6 Å². The minimum atomic E-state index is -2.86. The molecule has 0 aliphatic carbocycles. The van der Waals surface area contributed by atoms with E-state index in [1.807, 2.05) is 99.0 Å². The normalized spacial score (nSPS) is 15.7. The molecular formula is C59H63N3O. The summed E-state index contributed by atoms with van der Waals surface area (Å²) in [5.74, 6) is -1.69. The van der Waals surface area contributed by atoms with Crippen molar-refractivity contribution in [3.05, 3.63) is 166 Å². The summed E-state index contributed by atoms with van der Waals surface area (Å²) in [7, 11) is 0. The molecule has 0 saturated heterocycles. The van der Waals surface area contributed by atoms with Crippen LogP contribution in [0.5, 0.6) is 5.75 Å². The molecule has 0 amide bonds. The van der Waals surface area contributed by atoms with Crippen LogP contribution in [0.1, 0.15) is 136 Å². The van der Waals surface area contributed by atoms with Crippen LogP contribution < -0.4 is 0 Å². The highest BCUT2D eigenvalue weighted by Gasteiger charge is 2.27. The number of fused-ring (bicyclic) bond motifs is 1. The molecule has 8 aromatic rings. The van der Waals surface area contributed by atoms with E-state index in [2.05, 4.69) is 26.8 Å². The summed E-state index contributed by atoms with van der Waals surface area (Å²) in [6.07, 6.45) is 1.52. The summed E-state index contributed by atoms with van der Waals surface area (Å²) in [5.41, 5.74) is 8.19. The Morgan fingerprint density at radius 2 is 1.33 bits per heavy atom. The van der Waals surface area contributed by atoms with E-state index in [1.165, 1.54) is 6.20 Å². The topological polar surface area (TPSA) is 50.9 Å². The average molecular weight is 842 g/mol. The van der Waals surface area contributed by atoms with E-state index in [4.69, 9.17) is 26.4 Å². The van der Waals surface area contributed by atoms with E-state index >= 15 is 0 Å². The molecule has 6 aromatic carbocycles. The van der Waals surface area contributed by atoms with Crippen molar-refractivity contribution in [2.45, 2.75) is 112 Å². The van der Waals surface area contributed by atoms with Gasteiger partial charge >= 0.3 is 0 Å². The molecule has 320 valence electrons. The number of imidazole rings is 1. The van der Waals surface area contributed by atoms with Crippen LogP contribution in [0.15, 0.2) is 127 Å². The molecule has 0 aliphatic heterocycles. The first-order valence-corrected chi connectivity index (χ1v) is 21.4. The first-order valence-electron chi connectivity index (χ1n) is 27.4. The lowest BCUT2D eigenvalue weighted by Gasteiger charge is -2.23. The van der Waals surface area contributed by atoms with Crippen molar-refractivity contribution in [2.75, 3.05) is 0 Å². The van der Waals surface area contributed by atoms with Crippen LogP contribution in [0.4, 0.5) is 0 Å². The van der Waals surface area contributed by atoms with Crippen LogP contribution in [-0.2, 0) is 10.8 Å². The zero-order valence-corrected chi connectivity index (χ0v) is 38.1. The smallest absolute Gasteiger partial charge is 0.149 e. The van der Waals surface area contributed by atoms with Crippen LogP contribution in [0.3, 0.4) is 0 Å². The van der Waals surface area contributed by atoms with Gasteiger partial charge in [-0.3, -0.25) is 9.55 Å². The molecule has 0 fully saturated rings. The zero-order chi connectivity index (χ0) is 55.4. The molecule has 0 unspecified atom stereocenters. The third-order valence-electron chi connectivity index (χ3n) is 11.7. The van der Waals surface area contributed by atoms with E-state index < -0.39 is 66.1 Å². The molecule has 2 heterocycles. The summed E-state index contributed by atoms with van der Waals surface area (Å²) in [6.45, 7) is 15.8. The van der Waals surface area contributed by atoms with Crippen molar-refractivity contribution in [1.29, 1.82) is 0 Å². The summed E-state index contributed by atoms with van der Waals surface area (Å²) in [6, 6.07) is 27.4. The minimum absolute atomic E-state index is 0.0105. The van der Waals surface area contributed by atoms with Gasteiger partial charge in [-0.25, -0.2) is 4.98 Å². The molecular weight excluding hydrogens is 767 g/mol. The molecule has 0 atom stereocenters. The van der Waals surface area contributed by atoms with Gasteiger partial charge in [0, 0.05) is 33.9 Å². The number of para-hydroxylation sites is 1. The van der Waals surface area contributed by atoms with Crippen molar-refractivity contribution in [3.63, 3.8) is 0 Å². The van der Waals surface area contributed by atoms with Gasteiger partial charge in [0.05, 0.1) is 33.5 Å². The average Bonchev–Trinajstić information content (AvgIpc) is 3.69. The number of pyridine rings is 1. The maximum Gasteiger partial charge on any atom is 0.149 e. The Hall–Kier alpha value is -6.26. The van der Waals surface area contributed by atoms with Crippen molar-refractivity contribution >= 4 is 11.0 Å². The van der Waals surface area contributed by atoms with E-state index in [1.54, 1.807) is 52.0 Å². The molecule has 0 aliphatic rings. The lowest BCUT2D eigenvalue weighted by molar-refractivity contribution is 0.448. The molecule has 0 saturated carbocycles. The highest BCUT2D eigenvalue weighted by atomic mass is 16.3. The molecule has 0 bridgehead atoms. The maximum absolute atomic E-state index is 12.3. The molecule has 4 nitrogen and oxygen atoms in total. The highest BCUT2D eigenvalue weighted by Crippen LogP contribution is 2.44. The SMILES string of the molecule is [2H]c1c([2H])c(C([2H])([2H])[2H])c([2H])c([2H])c1-c1ccnc(-c2cc(-c3cccc4c3nc(-c3cc(C)cc(C(C)(C)C)c3O)n4-c3ccc(-c4cc(C([2H])(C)C)cc(C([2H])(C)C)c4)cc3C([2H])([2H])[2H])cc(C(C)(C)C)c2)c1. The van der Waals surface area contributed by atoms with Crippen molar-refractivity contribution in [2.24, 2.45) is 0 Å². The second-order valence-electron chi connectivity index (χ2n) is 19.2. The van der Waals surface area contributed by atoms with Gasteiger partial charge in [0.25, 0.3) is 0 Å². The number of aryl methyl sites for hydroxylation is 2. The lowest BCUT2D eigenvalue weighted by atomic mass is 9.83. The number of rotatable bonds is 8. The number of nitrogens with zero attached hydrogens (tertiary/aromatic N) is 3. The van der Waals surface area contributed by atoms with Gasteiger partial charge < -0.3 is 5.11 Å². The molecule has 4 heteroatoms. The van der Waals surface area contributed by atoms with Crippen molar-refractivity contribution < 1.29 is 21.6 Å². The van der Waals surface area contributed by atoms with E-state index in [9.17, 15) is 5.11 Å². The molecule has 63 heavy (non-hydrogen) atoms. The van der Waals surface area contributed by atoms with Gasteiger partial charge in [0.15, 0.2) is 0 Å². The Labute approximate surface area is 392 Å². The summed E-state index contributed by atoms with van der Waals surface area (Å²) in [4.78, 5) is 10.1. The number of aromatic hydroxyl groups is 1. The third kappa shape index (κ3) is 8.61. The Kier molecular flexibility index (Phi) is 8.03. The van der Waals surface area contributed by atoms with Crippen molar-refractivity contribution in [3.8, 4) is 67.5 Å². The summed E-state index contributed by atoms with van der Waals surface area (Å²) < 4.78 is 105. The Morgan fingerprint density at radius 3 is 1.98 bits per heavy atom. The fourth-order valence-electron chi connectivity index (χ4n) is 8.12. The second-order valence-corrected chi connectivity index (χ2v) is 19.2. The molecule has 0 spiro atoms. The monoisotopic (exact) mass is 842 g/mol. The predicted octanol–water partition coefficient (Wildman–Crippen LogP) is 16.2. The summed E-state index contributed by atoms with van der Waals surface area (Å²) >= 11 is 0. The fourth-order valence-corrected chi connectivity index (χ4v) is 8.12. The van der Waals surface area contributed by atoms with E-state index in [0.717, 1.165) is 16.7 Å². The highest BCUT2D eigenvalue weighted by molar-refractivity contribution is 5.97. The van der Waals surface area contributed by atoms with Gasteiger partial charge in [0.2, 0.25) is 0 Å². The zero-order valence-electron chi connectivity index (χ0n) is 50.1. The number of hydrogen-bond acceptors (Lipinski definition) is 3. The number of phenols is 1. The largest absolute Gasteiger partial charge is 0.507 e. The van der Waals surface area contributed by atoms with E-state index in [-0.39, 0.29) is 16.9 Å². The van der Waals surface area contributed by atoms with Crippen molar-refractivity contribution in [1.82, 2.24) is 14.5 Å². The van der Waals surface area contributed by atoms with Crippen LogP contribution in [0.2, 0.25) is 0 Å². The number of benzene rings is 6. The number of aromatic nitrogens is 3. The van der Waals surface area contributed by atoms with Gasteiger partial charge in [-0.2, -0.15) is 0 Å². The Morgan fingerprint density at radius 1 is 0.635 bits per heavy atom. The maximum atomic E-state index is 12.3. The van der Waals surface area contributed by atoms with Gasteiger partial charge in [-0.05, 0) is 147 Å². The molecule has 0 radical (unpaired) electrons. The van der Waals surface area contributed by atoms with Gasteiger partial charge in [0.1, 0.15) is 11.6 Å². The fraction of sp³-hybridized carbons (Fsp3) is 0.288. The minimum Gasteiger partial charge on any atom is -0.507 e. The Bertz CT molecular complexity index is 3520. The first kappa shape index (κ1) is 30.7. The standard InChI is InChI=1S/C59H63N3O/c1-35(2)43-28-44(36(3)4)30-45(29-43)41-21-22-53(39(7)27-41)62-54-16-14-15-49(55(54)61-57(62)50-25-38(6)26-51(56(50)63)59(11,12)13)46-31-47(33-48(32-46)58(8,9)10)52-34-42(23-24-60-52)40-19-17-37(5)18-20-40/h14-36,63H,1-13H3/i5D3,7D3,17D,18D,19D,20D,35D,36D. The quantitative estimate of drug-likeness (QED) is 0.166. The second kappa shape index (κ2) is 16.5. The van der Waals surface area contributed by atoms with Crippen LogP contribution >= 0.6 is 0 Å². The third-order valence-corrected chi connectivity index (χ3v) is 11.7. The molecule has 1 N–H and O–H groups in total. The predicted molar refractivity (Wildman–Crippen MR) is 267 cm³/mol. The van der Waals surface area contributed by atoms with E-state index in [0.29, 0.717) is 78.3 Å². The summed E-state index contributed by atoms with van der Waals surface area (Å²) in [5, 5.41) is 12.3. The Balaban J connectivity index is 1.41. The van der Waals surface area contributed by atoms with Gasteiger partial charge in [-0.1, -0.05) is 148 Å². The molecule has 8 rings (SSSR count). The van der Waals surface area contributed by atoms with Crippen LogP contribution in [0.25, 0.3) is 72.7 Å². The number of hydrogen-bond donors (Lipinski definition) is 1.